The molecule has 0 saturated carbocycles. The molecular formula is C20H13ClF3N3O2. The van der Waals surface area contributed by atoms with Gasteiger partial charge in [0.05, 0.1) is 22.2 Å². The van der Waals surface area contributed by atoms with Crippen LogP contribution in [0.2, 0.25) is 5.02 Å². The van der Waals surface area contributed by atoms with Crippen molar-refractivity contribution in [1.29, 1.82) is 10.5 Å². The highest BCUT2D eigenvalue weighted by Gasteiger charge is 2.36. The van der Waals surface area contributed by atoms with Crippen LogP contribution in [0.15, 0.2) is 36.4 Å². The van der Waals surface area contributed by atoms with Gasteiger partial charge in [-0.3, -0.25) is 4.79 Å². The van der Waals surface area contributed by atoms with Gasteiger partial charge < -0.3 is 9.64 Å². The topological polar surface area (TPSA) is 77.1 Å². The molecule has 148 valence electrons. The summed E-state index contributed by atoms with van der Waals surface area (Å²) >= 11 is 6.11. The maximum atomic E-state index is 12.9. The van der Waals surface area contributed by atoms with Gasteiger partial charge in [0.2, 0.25) is 0 Å². The standard InChI is InChI=1S/C20H13ClF3N3O2/c21-18-14(8-26)5-6-16(29-11-20(22,23)24)17(18)19(28)27-9-15(10-27)13-3-1-12(7-25)2-4-13/h1-6,15H,9-11H2. The summed E-state index contributed by atoms with van der Waals surface area (Å²) in [6, 6.07) is 13.1. The van der Waals surface area contributed by atoms with Gasteiger partial charge in [0.15, 0.2) is 6.61 Å². The van der Waals surface area contributed by atoms with E-state index in [1.54, 1.807) is 30.3 Å². The van der Waals surface area contributed by atoms with Crippen LogP contribution in [-0.4, -0.2) is 36.7 Å². The Morgan fingerprint density at radius 3 is 2.34 bits per heavy atom. The Hall–Kier alpha value is -3.23. The number of rotatable bonds is 4. The Morgan fingerprint density at radius 1 is 1.14 bits per heavy atom. The molecule has 2 aromatic carbocycles. The molecule has 1 saturated heterocycles. The third-order valence-electron chi connectivity index (χ3n) is 4.51. The molecule has 1 aliphatic heterocycles. The molecule has 0 unspecified atom stereocenters. The van der Waals surface area contributed by atoms with Crippen LogP contribution < -0.4 is 4.74 Å². The minimum atomic E-state index is -4.59. The summed E-state index contributed by atoms with van der Waals surface area (Å²) in [5, 5.41) is 17.7. The minimum Gasteiger partial charge on any atom is -0.483 e. The highest BCUT2D eigenvalue weighted by Crippen LogP contribution is 2.35. The van der Waals surface area contributed by atoms with E-state index in [0.717, 1.165) is 11.6 Å². The first kappa shape index (κ1) is 20.5. The molecule has 0 radical (unpaired) electrons. The van der Waals surface area contributed by atoms with Crippen molar-refractivity contribution in [3.8, 4) is 17.9 Å². The molecule has 1 amide bonds. The lowest BCUT2D eigenvalue weighted by molar-refractivity contribution is -0.153. The summed E-state index contributed by atoms with van der Waals surface area (Å²) in [4.78, 5) is 14.3. The van der Waals surface area contributed by atoms with Gasteiger partial charge in [0, 0.05) is 19.0 Å². The van der Waals surface area contributed by atoms with Gasteiger partial charge >= 0.3 is 6.18 Å². The Bertz CT molecular complexity index is 1020. The Labute approximate surface area is 169 Å². The van der Waals surface area contributed by atoms with Crippen molar-refractivity contribution in [1.82, 2.24) is 4.90 Å². The van der Waals surface area contributed by atoms with E-state index in [0.29, 0.717) is 18.7 Å². The van der Waals surface area contributed by atoms with Crippen LogP contribution in [0.5, 0.6) is 5.75 Å². The zero-order valence-electron chi connectivity index (χ0n) is 14.8. The molecule has 0 spiro atoms. The number of carbonyl (C=O) groups excluding carboxylic acids is 1. The molecule has 29 heavy (non-hydrogen) atoms. The maximum Gasteiger partial charge on any atom is 0.422 e. The number of amides is 1. The highest BCUT2D eigenvalue weighted by atomic mass is 35.5. The van der Waals surface area contributed by atoms with Crippen LogP contribution in [-0.2, 0) is 0 Å². The first-order chi connectivity index (χ1) is 13.7. The summed E-state index contributed by atoms with van der Waals surface area (Å²) in [6.07, 6.45) is -4.59. The van der Waals surface area contributed by atoms with E-state index in [9.17, 15) is 18.0 Å². The molecule has 0 N–H and O–H groups in total. The summed E-state index contributed by atoms with van der Waals surface area (Å²) in [5.74, 6) is -0.892. The van der Waals surface area contributed by atoms with Crippen molar-refractivity contribution in [2.45, 2.75) is 12.1 Å². The number of hydrogen-bond donors (Lipinski definition) is 0. The van der Waals surface area contributed by atoms with Crippen LogP contribution in [0, 0.1) is 22.7 Å². The van der Waals surface area contributed by atoms with Gasteiger partial charge in [-0.05, 0) is 29.8 Å². The number of halogens is 4. The molecule has 0 aromatic heterocycles. The molecule has 3 rings (SSSR count). The first-order valence-corrected chi connectivity index (χ1v) is 8.82. The third-order valence-corrected chi connectivity index (χ3v) is 4.90. The Kier molecular flexibility index (Phi) is 5.67. The van der Waals surface area contributed by atoms with E-state index >= 15 is 0 Å². The second kappa shape index (κ2) is 8.02. The van der Waals surface area contributed by atoms with E-state index in [4.69, 9.17) is 26.9 Å². The number of hydrogen-bond acceptors (Lipinski definition) is 4. The fraction of sp³-hybridized carbons (Fsp3) is 0.250. The van der Waals surface area contributed by atoms with E-state index in [2.05, 4.69) is 0 Å². The number of nitriles is 2. The molecule has 1 fully saturated rings. The van der Waals surface area contributed by atoms with Gasteiger partial charge in [0.25, 0.3) is 5.91 Å². The Balaban J connectivity index is 1.79. The molecule has 1 aliphatic rings. The van der Waals surface area contributed by atoms with E-state index in [-0.39, 0.29) is 27.8 Å². The van der Waals surface area contributed by atoms with Gasteiger partial charge in [-0.25, -0.2) is 0 Å². The molecule has 0 aliphatic carbocycles. The molecule has 1 heterocycles. The van der Waals surface area contributed by atoms with Crippen molar-refractivity contribution in [2.75, 3.05) is 19.7 Å². The van der Waals surface area contributed by atoms with Gasteiger partial charge in [-0.1, -0.05) is 23.7 Å². The van der Waals surface area contributed by atoms with E-state index < -0.39 is 18.7 Å². The van der Waals surface area contributed by atoms with Crippen LogP contribution >= 0.6 is 11.6 Å². The highest BCUT2D eigenvalue weighted by molar-refractivity contribution is 6.35. The van der Waals surface area contributed by atoms with Crippen LogP contribution in [0.4, 0.5) is 13.2 Å². The summed E-state index contributed by atoms with van der Waals surface area (Å²) in [6.45, 7) is -0.920. The van der Waals surface area contributed by atoms with Crippen molar-refractivity contribution in [3.63, 3.8) is 0 Å². The quantitative estimate of drug-likeness (QED) is 0.741. The lowest BCUT2D eigenvalue weighted by atomic mass is 9.90. The average molecular weight is 420 g/mol. The number of alkyl halides is 3. The van der Waals surface area contributed by atoms with Gasteiger partial charge in [0.1, 0.15) is 17.4 Å². The maximum absolute atomic E-state index is 12.9. The summed E-state index contributed by atoms with van der Waals surface area (Å²) in [7, 11) is 0. The number of ether oxygens (including phenoxy) is 1. The Morgan fingerprint density at radius 2 is 1.79 bits per heavy atom. The number of carbonyl (C=O) groups is 1. The fourth-order valence-electron chi connectivity index (χ4n) is 2.97. The van der Waals surface area contributed by atoms with Gasteiger partial charge in [-0.15, -0.1) is 0 Å². The normalized spacial score (nSPS) is 13.9. The molecule has 5 nitrogen and oxygen atoms in total. The smallest absolute Gasteiger partial charge is 0.422 e. The predicted octanol–water partition coefficient (Wildman–Crippen LogP) is 4.26. The average Bonchev–Trinajstić information content (AvgIpc) is 2.65. The minimum absolute atomic E-state index is 0.0291. The zero-order valence-corrected chi connectivity index (χ0v) is 15.6. The first-order valence-electron chi connectivity index (χ1n) is 8.45. The summed E-state index contributed by atoms with van der Waals surface area (Å²) < 4.78 is 42.3. The third kappa shape index (κ3) is 4.44. The lowest BCUT2D eigenvalue weighted by Crippen LogP contribution is -2.48. The SMILES string of the molecule is N#Cc1ccc(C2CN(C(=O)c3c(OCC(F)(F)F)ccc(C#N)c3Cl)C2)cc1. The van der Waals surface area contributed by atoms with Crippen molar-refractivity contribution < 1.29 is 22.7 Å². The van der Waals surface area contributed by atoms with E-state index in [1.165, 1.54) is 11.0 Å². The van der Waals surface area contributed by atoms with Crippen LogP contribution in [0.1, 0.15) is 33.0 Å². The van der Waals surface area contributed by atoms with Crippen LogP contribution in [0.25, 0.3) is 0 Å². The molecule has 2 aromatic rings. The van der Waals surface area contributed by atoms with Crippen LogP contribution in [0.3, 0.4) is 0 Å². The lowest BCUT2D eigenvalue weighted by Gasteiger charge is -2.40. The molecule has 0 atom stereocenters. The zero-order chi connectivity index (χ0) is 21.2. The number of likely N-dealkylation sites (tertiary alicyclic amines) is 1. The summed E-state index contributed by atoms with van der Waals surface area (Å²) in [5.41, 5.74) is 1.18. The number of benzene rings is 2. The van der Waals surface area contributed by atoms with Crippen molar-refractivity contribution >= 4 is 17.5 Å². The number of nitrogens with zero attached hydrogens (tertiary/aromatic N) is 3. The second-order valence-electron chi connectivity index (χ2n) is 6.46. The predicted molar refractivity (Wildman–Crippen MR) is 97.5 cm³/mol. The molecule has 9 heteroatoms. The second-order valence-corrected chi connectivity index (χ2v) is 6.83. The monoisotopic (exact) mass is 419 g/mol. The molecular weight excluding hydrogens is 407 g/mol. The van der Waals surface area contributed by atoms with Crippen molar-refractivity contribution in [3.05, 3.63) is 63.7 Å². The molecule has 0 bridgehead atoms. The van der Waals surface area contributed by atoms with E-state index in [1.807, 2.05) is 6.07 Å². The van der Waals surface area contributed by atoms with Gasteiger partial charge in [-0.2, -0.15) is 23.7 Å². The largest absolute Gasteiger partial charge is 0.483 e. The van der Waals surface area contributed by atoms with Crippen molar-refractivity contribution in [2.24, 2.45) is 0 Å². The fourth-order valence-corrected chi connectivity index (χ4v) is 3.25.